The molecule has 4 heterocycles. The predicted molar refractivity (Wildman–Crippen MR) is 115 cm³/mol. The summed E-state index contributed by atoms with van der Waals surface area (Å²) < 4.78 is 1.95. The molecule has 1 spiro atoms. The van der Waals surface area contributed by atoms with Gasteiger partial charge in [0.25, 0.3) is 0 Å². The Morgan fingerprint density at radius 2 is 2.10 bits per heavy atom. The highest BCUT2D eigenvalue weighted by molar-refractivity contribution is 5.95. The standard InChI is InChI=1S/C21H27N9O/c1-2-30-20-16(12-23-30)18(24-14-6-4-3-5-7-14)15(11-22-20)17-10-21(31-27-17)8-13(9-21)19-25-28-29-26-19/h10-14,27H,2-9H2,1H3,(H,22,24)(H,25,26,28,29). The fourth-order valence-corrected chi connectivity index (χ4v) is 5.18. The van der Waals surface area contributed by atoms with E-state index in [1.807, 2.05) is 17.1 Å². The minimum absolute atomic E-state index is 0.263. The second kappa shape index (κ2) is 7.30. The third kappa shape index (κ3) is 3.16. The van der Waals surface area contributed by atoms with Gasteiger partial charge < -0.3 is 5.32 Å². The maximum absolute atomic E-state index is 6.05. The van der Waals surface area contributed by atoms with Gasteiger partial charge in [-0.1, -0.05) is 24.5 Å². The van der Waals surface area contributed by atoms with Crippen LogP contribution < -0.4 is 10.8 Å². The summed E-state index contributed by atoms with van der Waals surface area (Å²) in [6.07, 6.45) is 14.0. The van der Waals surface area contributed by atoms with Gasteiger partial charge in [-0.15, -0.1) is 10.2 Å². The zero-order chi connectivity index (χ0) is 20.8. The number of aromatic nitrogens is 7. The van der Waals surface area contributed by atoms with Crippen LogP contribution in [0.25, 0.3) is 16.7 Å². The Bertz CT molecular complexity index is 1110. The average Bonchev–Trinajstić information content (AvgIpc) is 3.52. The quantitative estimate of drug-likeness (QED) is 0.575. The molecule has 31 heavy (non-hydrogen) atoms. The summed E-state index contributed by atoms with van der Waals surface area (Å²) in [5.74, 6) is 1.02. The normalized spacial score (nSPS) is 26.1. The molecular weight excluding hydrogens is 394 g/mol. The van der Waals surface area contributed by atoms with Gasteiger partial charge in [0.2, 0.25) is 0 Å². The maximum Gasteiger partial charge on any atom is 0.177 e. The van der Waals surface area contributed by atoms with E-state index in [0.717, 1.165) is 53.2 Å². The van der Waals surface area contributed by atoms with Gasteiger partial charge in [-0.25, -0.2) is 9.67 Å². The van der Waals surface area contributed by atoms with Gasteiger partial charge in [0.05, 0.1) is 23.0 Å². The number of H-pyrrole nitrogens is 1. The summed E-state index contributed by atoms with van der Waals surface area (Å²) >= 11 is 0. The molecular formula is C21H27N9O. The molecule has 1 aliphatic heterocycles. The van der Waals surface area contributed by atoms with Crippen molar-refractivity contribution in [3.63, 3.8) is 0 Å². The van der Waals surface area contributed by atoms with E-state index in [-0.39, 0.29) is 11.5 Å². The molecule has 2 fully saturated rings. The molecule has 0 amide bonds. The van der Waals surface area contributed by atoms with E-state index in [1.165, 1.54) is 32.1 Å². The predicted octanol–water partition coefficient (Wildman–Crippen LogP) is 2.90. The number of aromatic amines is 1. The summed E-state index contributed by atoms with van der Waals surface area (Å²) in [6.45, 7) is 2.88. The molecule has 6 rings (SSSR count). The van der Waals surface area contributed by atoms with Gasteiger partial charge in [-0.3, -0.25) is 10.3 Å². The molecule has 0 atom stereocenters. The van der Waals surface area contributed by atoms with Crippen LogP contribution in [0.15, 0.2) is 18.5 Å². The van der Waals surface area contributed by atoms with Crippen molar-refractivity contribution >= 4 is 22.4 Å². The van der Waals surface area contributed by atoms with Crippen LogP contribution in [0, 0.1) is 0 Å². The van der Waals surface area contributed by atoms with Crippen molar-refractivity contribution in [3.8, 4) is 0 Å². The van der Waals surface area contributed by atoms with Crippen molar-refractivity contribution in [3.05, 3.63) is 29.9 Å². The zero-order valence-corrected chi connectivity index (χ0v) is 17.6. The van der Waals surface area contributed by atoms with Crippen LogP contribution in [0.1, 0.15) is 69.2 Å². The Labute approximate surface area is 179 Å². The van der Waals surface area contributed by atoms with E-state index in [2.05, 4.69) is 49.5 Å². The number of tetrazole rings is 1. The van der Waals surface area contributed by atoms with E-state index in [4.69, 9.17) is 9.82 Å². The van der Waals surface area contributed by atoms with Crippen molar-refractivity contribution in [2.45, 2.75) is 76.0 Å². The third-order valence-corrected chi connectivity index (χ3v) is 6.89. The summed E-state index contributed by atoms with van der Waals surface area (Å²) in [7, 11) is 0. The highest BCUT2D eigenvalue weighted by Crippen LogP contribution is 2.50. The van der Waals surface area contributed by atoms with Gasteiger partial charge in [-0.2, -0.15) is 10.3 Å². The number of aryl methyl sites for hydroxylation is 1. The smallest absolute Gasteiger partial charge is 0.177 e. The minimum atomic E-state index is -0.328. The van der Waals surface area contributed by atoms with E-state index in [1.54, 1.807) is 0 Å². The van der Waals surface area contributed by atoms with Gasteiger partial charge in [0.1, 0.15) is 5.60 Å². The second-order valence-electron chi connectivity index (χ2n) is 8.93. The number of nitrogens with zero attached hydrogens (tertiary/aromatic N) is 6. The van der Waals surface area contributed by atoms with E-state index in [0.29, 0.717) is 6.04 Å². The van der Waals surface area contributed by atoms with E-state index >= 15 is 0 Å². The molecule has 10 heteroatoms. The topological polar surface area (TPSA) is 118 Å². The zero-order valence-electron chi connectivity index (χ0n) is 17.6. The van der Waals surface area contributed by atoms with Gasteiger partial charge in [-0.05, 0) is 38.7 Å². The number of rotatable bonds is 5. The average molecular weight is 422 g/mol. The molecule has 162 valence electrons. The first-order valence-corrected chi connectivity index (χ1v) is 11.3. The number of hydrogen-bond acceptors (Lipinski definition) is 8. The monoisotopic (exact) mass is 421 g/mol. The number of pyridine rings is 1. The fraction of sp³-hybridized carbons (Fsp3) is 0.571. The Kier molecular flexibility index (Phi) is 4.41. The maximum atomic E-state index is 6.05. The van der Waals surface area contributed by atoms with Gasteiger partial charge >= 0.3 is 0 Å². The molecule has 0 radical (unpaired) electrons. The molecule has 2 saturated carbocycles. The Balaban J connectivity index is 1.33. The summed E-state index contributed by atoms with van der Waals surface area (Å²) in [6, 6.07) is 0.478. The highest BCUT2D eigenvalue weighted by atomic mass is 16.7. The van der Waals surface area contributed by atoms with Crippen molar-refractivity contribution in [2.24, 2.45) is 0 Å². The second-order valence-corrected chi connectivity index (χ2v) is 8.93. The van der Waals surface area contributed by atoms with Crippen LogP contribution in [-0.4, -0.2) is 47.0 Å². The van der Waals surface area contributed by atoms with Crippen LogP contribution in [-0.2, 0) is 11.4 Å². The van der Waals surface area contributed by atoms with Crippen LogP contribution >= 0.6 is 0 Å². The SMILES string of the molecule is CCn1ncc2c(NC3CCCCC3)c(C3=CC4(CC(c5nn[nH]n5)C4)ON3)cnc21. The Hall–Kier alpha value is -3.01. The molecule has 3 aromatic rings. The first-order chi connectivity index (χ1) is 15.2. The summed E-state index contributed by atoms with van der Waals surface area (Å²) in [5, 5.41) is 23.9. The van der Waals surface area contributed by atoms with Gasteiger partial charge in [0, 0.05) is 30.3 Å². The molecule has 0 saturated heterocycles. The minimum Gasteiger partial charge on any atom is -0.381 e. The molecule has 3 N–H and O–H groups in total. The van der Waals surface area contributed by atoms with Gasteiger partial charge in [0.15, 0.2) is 11.5 Å². The number of fused-ring (bicyclic) bond motifs is 1. The van der Waals surface area contributed by atoms with Crippen molar-refractivity contribution < 1.29 is 4.84 Å². The molecule has 3 aliphatic rings. The highest BCUT2D eigenvalue weighted by Gasteiger charge is 2.50. The lowest BCUT2D eigenvalue weighted by Crippen LogP contribution is -2.43. The lowest BCUT2D eigenvalue weighted by atomic mass is 9.70. The van der Waals surface area contributed by atoms with Crippen LogP contribution in [0.4, 0.5) is 5.69 Å². The lowest BCUT2D eigenvalue weighted by molar-refractivity contribution is -0.0941. The number of nitrogens with one attached hydrogen (secondary N) is 3. The molecule has 0 bridgehead atoms. The van der Waals surface area contributed by atoms with Crippen LogP contribution in [0.2, 0.25) is 0 Å². The molecule has 10 nitrogen and oxygen atoms in total. The van der Waals surface area contributed by atoms with Crippen LogP contribution in [0.5, 0.6) is 0 Å². The number of hydrogen-bond donors (Lipinski definition) is 3. The van der Waals surface area contributed by atoms with Crippen molar-refractivity contribution in [1.82, 2.24) is 40.9 Å². The van der Waals surface area contributed by atoms with E-state index < -0.39 is 0 Å². The molecule has 3 aromatic heterocycles. The summed E-state index contributed by atoms with van der Waals surface area (Å²) in [5.41, 5.74) is 6.87. The van der Waals surface area contributed by atoms with Crippen molar-refractivity contribution in [1.29, 1.82) is 0 Å². The fourth-order valence-electron chi connectivity index (χ4n) is 5.18. The Morgan fingerprint density at radius 3 is 2.87 bits per heavy atom. The Morgan fingerprint density at radius 1 is 1.23 bits per heavy atom. The molecule has 0 aromatic carbocycles. The third-order valence-electron chi connectivity index (χ3n) is 6.89. The first kappa shape index (κ1) is 18.7. The largest absolute Gasteiger partial charge is 0.381 e. The van der Waals surface area contributed by atoms with E-state index in [9.17, 15) is 0 Å². The lowest BCUT2D eigenvalue weighted by Gasteiger charge is -2.40. The van der Waals surface area contributed by atoms with Crippen molar-refractivity contribution in [2.75, 3.05) is 5.32 Å². The number of anilines is 1. The molecule has 2 aliphatic carbocycles. The number of hydroxylamine groups is 1. The summed E-state index contributed by atoms with van der Waals surface area (Å²) in [4.78, 5) is 10.8. The van der Waals surface area contributed by atoms with Crippen LogP contribution in [0.3, 0.4) is 0 Å². The first-order valence-electron chi connectivity index (χ1n) is 11.3. The molecule has 0 unspecified atom stereocenters.